The molecule has 0 unspecified atom stereocenters. The van der Waals surface area contributed by atoms with E-state index in [0.717, 1.165) is 22.4 Å². The number of nitriles is 1. The Bertz CT molecular complexity index is 1380. The quantitative estimate of drug-likeness (QED) is 0.310. The molecule has 5 nitrogen and oxygen atoms in total. The van der Waals surface area contributed by atoms with Crippen molar-refractivity contribution < 1.29 is 9.30 Å². The molecule has 0 aliphatic carbocycles. The third-order valence-electron chi connectivity index (χ3n) is 5.04. The van der Waals surface area contributed by atoms with Crippen LogP contribution in [0.1, 0.15) is 16.7 Å². The number of aromatic nitrogens is 1. The van der Waals surface area contributed by atoms with E-state index >= 15 is 0 Å². The van der Waals surface area contributed by atoms with Crippen LogP contribution in [0, 0.1) is 11.3 Å². The lowest BCUT2D eigenvalue weighted by Crippen LogP contribution is -2.03. The largest absolute Gasteiger partial charge is 0.456 e. The van der Waals surface area contributed by atoms with E-state index in [-0.39, 0.29) is 0 Å². The van der Waals surface area contributed by atoms with Crippen LogP contribution in [0.4, 0.5) is 5.13 Å². The van der Waals surface area contributed by atoms with Crippen LogP contribution in [0.3, 0.4) is 0 Å². The van der Waals surface area contributed by atoms with E-state index in [9.17, 15) is 4.57 Å². The molecular formula is C26H18N3O2PS. The lowest BCUT2D eigenvalue weighted by Gasteiger charge is -2.23. The molecule has 1 aliphatic heterocycles. The van der Waals surface area contributed by atoms with Crippen molar-refractivity contribution in [2.24, 2.45) is 0 Å². The maximum Gasteiger partial charge on any atom is 0.222 e. The second-order valence-corrected chi connectivity index (χ2v) is 10.4. The summed E-state index contributed by atoms with van der Waals surface area (Å²) in [6.45, 7) is 0. The second kappa shape index (κ2) is 8.91. The van der Waals surface area contributed by atoms with Gasteiger partial charge in [-0.1, -0.05) is 72.8 Å². The zero-order chi connectivity index (χ0) is 22.7. The zero-order valence-electron chi connectivity index (χ0n) is 17.4. The van der Waals surface area contributed by atoms with Crippen LogP contribution >= 0.6 is 18.6 Å². The van der Waals surface area contributed by atoms with Crippen LogP contribution in [0.15, 0.2) is 102 Å². The highest BCUT2D eigenvalue weighted by atomic mass is 32.1. The highest BCUT2D eigenvalue weighted by Gasteiger charge is 2.28. The third kappa shape index (κ3) is 4.65. The molecule has 1 aliphatic rings. The molecule has 7 heteroatoms. The molecule has 0 saturated carbocycles. The lowest BCUT2D eigenvalue weighted by molar-refractivity contribution is 0.469. The summed E-state index contributed by atoms with van der Waals surface area (Å²) in [6.07, 6.45) is 0. The van der Waals surface area contributed by atoms with Crippen LogP contribution in [0.25, 0.3) is 22.8 Å². The monoisotopic (exact) mass is 467 g/mol. The van der Waals surface area contributed by atoms with E-state index < -0.39 is 7.29 Å². The number of anilines is 1. The summed E-state index contributed by atoms with van der Waals surface area (Å²) in [7, 11) is -3.16. The first-order valence-corrected chi connectivity index (χ1v) is 12.9. The number of ether oxygens (including phenoxy) is 1. The predicted octanol–water partition coefficient (Wildman–Crippen LogP) is 7.40. The number of thiazole rings is 1. The normalized spacial score (nSPS) is 14.4. The fourth-order valence-corrected chi connectivity index (χ4v) is 6.27. The molecule has 3 aromatic carbocycles. The van der Waals surface area contributed by atoms with E-state index in [2.05, 4.69) is 16.1 Å². The van der Waals surface area contributed by atoms with Crippen LogP contribution in [0.5, 0.6) is 0 Å². The van der Waals surface area contributed by atoms with Crippen molar-refractivity contribution in [2.75, 3.05) is 5.09 Å². The first-order chi connectivity index (χ1) is 16.1. The number of hydrogen-bond donors (Lipinski definition) is 1. The zero-order valence-corrected chi connectivity index (χ0v) is 19.1. The Balaban J connectivity index is 1.49. The van der Waals surface area contributed by atoms with E-state index in [1.165, 1.54) is 11.3 Å². The Hall–Kier alpha value is -3.91. The Morgan fingerprint density at radius 3 is 1.94 bits per heavy atom. The van der Waals surface area contributed by atoms with Gasteiger partial charge in [0, 0.05) is 33.7 Å². The van der Waals surface area contributed by atoms with Gasteiger partial charge in [-0.2, -0.15) is 5.26 Å². The summed E-state index contributed by atoms with van der Waals surface area (Å²) in [5.41, 5.74) is 3.93. The van der Waals surface area contributed by atoms with Crippen LogP contribution < -0.4 is 5.09 Å². The lowest BCUT2D eigenvalue weighted by atomic mass is 10.1. The molecule has 0 amide bonds. The molecule has 33 heavy (non-hydrogen) atoms. The highest BCUT2D eigenvalue weighted by molar-refractivity contribution is 7.72. The van der Waals surface area contributed by atoms with Gasteiger partial charge in [0.05, 0.1) is 17.3 Å². The number of hydrogen-bond acceptors (Lipinski definition) is 5. The molecule has 0 fully saturated rings. The average molecular weight is 467 g/mol. The minimum atomic E-state index is -3.16. The number of nitrogens with one attached hydrogen (secondary N) is 1. The second-order valence-electron chi connectivity index (χ2n) is 7.37. The van der Waals surface area contributed by atoms with Crippen LogP contribution in [0.2, 0.25) is 0 Å². The summed E-state index contributed by atoms with van der Waals surface area (Å²) >= 11 is 1.38. The Kier molecular flexibility index (Phi) is 5.66. The van der Waals surface area contributed by atoms with Gasteiger partial charge in [-0.15, -0.1) is 11.3 Å². The van der Waals surface area contributed by atoms with Crippen molar-refractivity contribution in [1.82, 2.24) is 4.98 Å². The minimum absolute atomic E-state index is 0.539. The van der Waals surface area contributed by atoms with Crippen molar-refractivity contribution in [2.45, 2.75) is 0 Å². The minimum Gasteiger partial charge on any atom is -0.456 e. The van der Waals surface area contributed by atoms with Crippen LogP contribution in [-0.2, 0) is 9.30 Å². The Morgan fingerprint density at radius 2 is 1.39 bits per heavy atom. The van der Waals surface area contributed by atoms with Gasteiger partial charge in [0.2, 0.25) is 7.29 Å². The van der Waals surface area contributed by atoms with Gasteiger partial charge in [0.25, 0.3) is 0 Å². The fraction of sp³-hybridized carbons (Fsp3) is 0. The molecule has 0 radical (unpaired) electrons. The van der Waals surface area contributed by atoms with Gasteiger partial charge < -0.3 is 9.82 Å². The summed E-state index contributed by atoms with van der Waals surface area (Å²) in [4.78, 5) is 4.62. The molecule has 5 rings (SSSR count). The average Bonchev–Trinajstić information content (AvgIpc) is 3.32. The molecule has 1 aromatic heterocycles. The van der Waals surface area contributed by atoms with Gasteiger partial charge >= 0.3 is 0 Å². The predicted molar refractivity (Wildman–Crippen MR) is 133 cm³/mol. The van der Waals surface area contributed by atoms with E-state index in [1.807, 2.05) is 78.2 Å². The number of nitrogens with zero attached hydrogens (tertiary/aromatic N) is 2. The number of rotatable bonds is 5. The standard InChI is InChI=1S/C26H18N3O2PS/c27-15-19-11-13-20(14-12-19)23-18-33-26(28-23)29-32(30)16-24(21-7-3-1-4-8-21)31-25(17-32)22-9-5-2-6-10-22/h1-14,16-18H,(H,28,29,30). The summed E-state index contributed by atoms with van der Waals surface area (Å²) in [6, 6.07) is 28.6. The number of benzene rings is 3. The Morgan fingerprint density at radius 1 is 0.818 bits per heavy atom. The van der Waals surface area contributed by atoms with Crippen molar-refractivity contribution in [3.63, 3.8) is 0 Å². The van der Waals surface area contributed by atoms with Crippen molar-refractivity contribution in [3.8, 4) is 17.3 Å². The highest BCUT2D eigenvalue weighted by Crippen LogP contribution is 2.56. The molecule has 1 N–H and O–H groups in total. The van der Waals surface area contributed by atoms with E-state index in [4.69, 9.17) is 10.00 Å². The molecule has 0 atom stereocenters. The SMILES string of the molecule is N#Cc1ccc(-c2csc(NP3(=O)C=C(c4ccccc4)OC(c4ccccc4)=C3)n2)cc1. The molecule has 4 aromatic rings. The smallest absolute Gasteiger partial charge is 0.222 e. The molecular weight excluding hydrogens is 449 g/mol. The van der Waals surface area contributed by atoms with Crippen molar-refractivity contribution >= 4 is 35.3 Å². The van der Waals surface area contributed by atoms with Crippen molar-refractivity contribution in [1.29, 1.82) is 5.26 Å². The molecule has 0 saturated heterocycles. The molecule has 0 spiro atoms. The van der Waals surface area contributed by atoms with Gasteiger partial charge in [0.1, 0.15) is 11.5 Å². The van der Waals surface area contributed by atoms with Crippen LogP contribution in [-0.4, -0.2) is 4.98 Å². The first kappa shape index (κ1) is 21.0. The van der Waals surface area contributed by atoms with Gasteiger partial charge in [0.15, 0.2) is 5.13 Å². The molecule has 2 heterocycles. The first-order valence-electron chi connectivity index (χ1n) is 10.2. The molecule has 160 valence electrons. The van der Waals surface area contributed by atoms with Crippen molar-refractivity contribution in [3.05, 3.63) is 119 Å². The van der Waals surface area contributed by atoms with Gasteiger partial charge in [-0.25, -0.2) is 4.98 Å². The summed E-state index contributed by atoms with van der Waals surface area (Å²) in [5.74, 6) is 4.38. The maximum absolute atomic E-state index is 14.0. The third-order valence-corrected chi connectivity index (χ3v) is 7.75. The summed E-state index contributed by atoms with van der Waals surface area (Å²) in [5, 5.41) is 14.6. The topological polar surface area (TPSA) is 75.0 Å². The molecule has 0 bridgehead atoms. The maximum atomic E-state index is 14.0. The van der Waals surface area contributed by atoms with E-state index in [1.54, 1.807) is 23.8 Å². The van der Waals surface area contributed by atoms with E-state index in [0.29, 0.717) is 22.2 Å². The van der Waals surface area contributed by atoms with Gasteiger partial charge in [-0.05, 0) is 12.1 Å². The summed E-state index contributed by atoms with van der Waals surface area (Å²) < 4.78 is 20.1. The van der Waals surface area contributed by atoms with Gasteiger partial charge in [-0.3, -0.25) is 4.57 Å². The fourth-order valence-electron chi connectivity index (χ4n) is 3.42. The Labute approximate surface area is 195 Å².